The Balaban J connectivity index is 1.87. The van der Waals surface area contributed by atoms with Crippen molar-refractivity contribution in [3.8, 4) is 0 Å². The first-order chi connectivity index (χ1) is 12.0. The van der Waals surface area contributed by atoms with Gasteiger partial charge >= 0.3 is 0 Å². The highest BCUT2D eigenvalue weighted by Crippen LogP contribution is 2.32. The van der Waals surface area contributed by atoms with Crippen molar-refractivity contribution in [2.75, 3.05) is 23.3 Å². The molecule has 0 unspecified atom stereocenters. The van der Waals surface area contributed by atoms with Crippen molar-refractivity contribution in [3.63, 3.8) is 0 Å². The number of anilines is 2. The molecular weight excluding hydrogens is 433 g/mol. The highest BCUT2D eigenvalue weighted by Gasteiger charge is 2.24. The number of amides is 1. The first-order valence-corrected chi connectivity index (χ1v) is 9.14. The number of rotatable bonds is 4. The number of carbonyl (C=O) groups excluding carboxylic acids is 1. The number of nitro groups is 1. The first kappa shape index (κ1) is 17.7. The van der Waals surface area contributed by atoms with Crippen LogP contribution in [0.2, 0.25) is 0 Å². The van der Waals surface area contributed by atoms with Gasteiger partial charge in [-0.2, -0.15) is 0 Å². The largest absolute Gasteiger partial charge is 0.366 e. The molecule has 7 heteroatoms. The summed E-state index contributed by atoms with van der Waals surface area (Å²) in [6.45, 7) is 3.54. The number of halogens is 1. The molecule has 0 bridgehead atoms. The van der Waals surface area contributed by atoms with E-state index in [0.717, 1.165) is 35.1 Å². The third-order valence-electron chi connectivity index (χ3n) is 4.32. The third-order valence-corrected chi connectivity index (χ3v) is 4.99. The highest BCUT2D eigenvalue weighted by atomic mass is 127. The third kappa shape index (κ3) is 3.92. The van der Waals surface area contributed by atoms with Crippen LogP contribution in [0, 0.1) is 20.6 Å². The van der Waals surface area contributed by atoms with Crippen LogP contribution in [-0.4, -0.2) is 23.9 Å². The lowest BCUT2D eigenvalue weighted by atomic mass is 10.1. The Morgan fingerprint density at radius 2 is 1.92 bits per heavy atom. The summed E-state index contributed by atoms with van der Waals surface area (Å²) in [5, 5.41) is 14.3. The van der Waals surface area contributed by atoms with Crippen LogP contribution < -0.4 is 10.2 Å². The van der Waals surface area contributed by atoms with Crippen molar-refractivity contribution in [3.05, 3.63) is 61.2 Å². The van der Waals surface area contributed by atoms with Crippen molar-refractivity contribution < 1.29 is 9.72 Å². The van der Waals surface area contributed by atoms with Gasteiger partial charge in [-0.05, 0) is 78.3 Å². The standard InChI is InChI=1S/C18H18IN3O3/c1-12-10-14(19)5-6-15(12)20-18(23)13-4-7-16(17(11-13)22(24)25)21-8-2-3-9-21/h4-7,10-11H,2-3,8-9H2,1H3,(H,20,23). The number of nitro benzene ring substituents is 1. The van der Waals surface area contributed by atoms with Crippen LogP contribution in [0.25, 0.3) is 0 Å². The van der Waals surface area contributed by atoms with Crippen molar-refractivity contribution in [1.29, 1.82) is 0 Å². The van der Waals surface area contributed by atoms with Crippen LogP contribution >= 0.6 is 22.6 Å². The van der Waals surface area contributed by atoms with Gasteiger partial charge in [-0.25, -0.2) is 0 Å². The van der Waals surface area contributed by atoms with Crippen molar-refractivity contribution >= 4 is 45.6 Å². The molecule has 2 aromatic carbocycles. The summed E-state index contributed by atoms with van der Waals surface area (Å²) in [5.74, 6) is -0.347. The number of nitrogens with one attached hydrogen (secondary N) is 1. The molecule has 1 N–H and O–H groups in total. The van der Waals surface area contributed by atoms with Gasteiger partial charge in [-0.3, -0.25) is 14.9 Å². The van der Waals surface area contributed by atoms with Gasteiger partial charge in [0.15, 0.2) is 0 Å². The van der Waals surface area contributed by atoms with Crippen molar-refractivity contribution in [1.82, 2.24) is 0 Å². The molecule has 1 aliphatic rings. The lowest BCUT2D eigenvalue weighted by molar-refractivity contribution is -0.384. The second kappa shape index (κ2) is 7.38. The Bertz CT molecular complexity index is 832. The number of hydrogen-bond acceptors (Lipinski definition) is 4. The molecule has 0 aromatic heterocycles. The van der Waals surface area contributed by atoms with Crippen LogP contribution in [0.3, 0.4) is 0 Å². The molecule has 0 radical (unpaired) electrons. The summed E-state index contributed by atoms with van der Waals surface area (Å²) in [7, 11) is 0. The summed E-state index contributed by atoms with van der Waals surface area (Å²) in [6, 6.07) is 10.4. The first-order valence-electron chi connectivity index (χ1n) is 8.06. The molecule has 6 nitrogen and oxygen atoms in total. The zero-order valence-corrected chi connectivity index (χ0v) is 15.9. The maximum absolute atomic E-state index is 12.5. The van der Waals surface area contributed by atoms with E-state index < -0.39 is 4.92 Å². The minimum absolute atomic E-state index is 0.0196. The fourth-order valence-electron chi connectivity index (χ4n) is 3.00. The van der Waals surface area contributed by atoms with E-state index in [9.17, 15) is 14.9 Å². The van der Waals surface area contributed by atoms with Gasteiger partial charge < -0.3 is 10.2 Å². The van der Waals surface area contributed by atoms with E-state index >= 15 is 0 Å². The normalized spacial score (nSPS) is 13.8. The highest BCUT2D eigenvalue weighted by molar-refractivity contribution is 14.1. The molecule has 1 fully saturated rings. The number of hydrogen-bond donors (Lipinski definition) is 1. The van der Waals surface area contributed by atoms with E-state index in [2.05, 4.69) is 27.9 Å². The molecule has 0 aliphatic carbocycles. The quantitative estimate of drug-likeness (QED) is 0.426. The zero-order chi connectivity index (χ0) is 18.0. The molecule has 1 amide bonds. The van der Waals surface area contributed by atoms with Crippen LogP contribution in [0.15, 0.2) is 36.4 Å². The zero-order valence-electron chi connectivity index (χ0n) is 13.8. The molecule has 130 valence electrons. The number of nitrogens with zero attached hydrogens (tertiary/aromatic N) is 2. The smallest absolute Gasteiger partial charge is 0.293 e. The van der Waals surface area contributed by atoms with Gasteiger partial charge in [0.25, 0.3) is 11.6 Å². The Labute approximate surface area is 159 Å². The molecule has 2 aromatic rings. The summed E-state index contributed by atoms with van der Waals surface area (Å²) in [4.78, 5) is 25.5. The lowest BCUT2D eigenvalue weighted by Crippen LogP contribution is -2.20. The van der Waals surface area contributed by atoms with Crippen LogP contribution in [0.5, 0.6) is 0 Å². The monoisotopic (exact) mass is 451 g/mol. The molecule has 0 atom stereocenters. The van der Waals surface area contributed by atoms with Gasteiger partial charge in [0.2, 0.25) is 0 Å². The summed E-state index contributed by atoms with van der Waals surface area (Å²) < 4.78 is 1.08. The Hall–Kier alpha value is -2.16. The van der Waals surface area contributed by atoms with Crippen LogP contribution in [-0.2, 0) is 0 Å². The van der Waals surface area contributed by atoms with E-state index in [0.29, 0.717) is 11.4 Å². The van der Waals surface area contributed by atoms with E-state index in [1.807, 2.05) is 30.0 Å². The molecular formula is C18H18IN3O3. The number of aryl methyl sites for hydroxylation is 1. The fourth-order valence-corrected chi connectivity index (χ4v) is 3.65. The minimum Gasteiger partial charge on any atom is -0.366 e. The summed E-state index contributed by atoms with van der Waals surface area (Å²) in [6.07, 6.45) is 2.07. The topological polar surface area (TPSA) is 75.5 Å². The predicted molar refractivity (Wildman–Crippen MR) is 106 cm³/mol. The van der Waals surface area contributed by atoms with Gasteiger partial charge in [-0.1, -0.05) is 0 Å². The van der Waals surface area contributed by atoms with Gasteiger partial charge in [-0.15, -0.1) is 0 Å². The summed E-state index contributed by atoms with van der Waals surface area (Å²) in [5.41, 5.74) is 2.51. The average molecular weight is 451 g/mol. The van der Waals surface area contributed by atoms with Gasteiger partial charge in [0.05, 0.1) is 4.92 Å². The second-order valence-corrected chi connectivity index (χ2v) is 7.31. The Morgan fingerprint density at radius 3 is 2.56 bits per heavy atom. The maximum atomic E-state index is 12.5. The molecule has 1 aliphatic heterocycles. The maximum Gasteiger partial charge on any atom is 0.293 e. The van der Waals surface area contributed by atoms with Crippen LogP contribution in [0.1, 0.15) is 28.8 Å². The lowest BCUT2D eigenvalue weighted by Gasteiger charge is -2.18. The molecule has 25 heavy (non-hydrogen) atoms. The van der Waals surface area contributed by atoms with E-state index in [1.54, 1.807) is 12.1 Å². The predicted octanol–water partition coefficient (Wildman–Crippen LogP) is 4.36. The van der Waals surface area contributed by atoms with E-state index in [1.165, 1.54) is 6.07 Å². The molecule has 0 spiro atoms. The molecule has 1 saturated heterocycles. The second-order valence-electron chi connectivity index (χ2n) is 6.07. The minimum atomic E-state index is -0.416. The van der Waals surface area contributed by atoms with Crippen molar-refractivity contribution in [2.45, 2.75) is 19.8 Å². The van der Waals surface area contributed by atoms with E-state index in [-0.39, 0.29) is 17.2 Å². The number of benzene rings is 2. The van der Waals surface area contributed by atoms with Crippen molar-refractivity contribution in [2.24, 2.45) is 0 Å². The molecule has 3 rings (SSSR count). The average Bonchev–Trinajstić information content (AvgIpc) is 3.11. The van der Waals surface area contributed by atoms with Gasteiger partial charge in [0.1, 0.15) is 5.69 Å². The Kier molecular flexibility index (Phi) is 5.22. The van der Waals surface area contributed by atoms with E-state index in [4.69, 9.17) is 0 Å². The summed E-state index contributed by atoms with van der Waals surface area (Å²) >= 11 is 2.21. The van der Waals surface area contributed by atoms with Crippen LogP contribution in [0.4, 0.5) is 17.1 Å². The molecule has 1 heterocycles. The Morgan fingerprint density at radius 1 is 1.20 bits per heavy atom. The van der Waals surface area contributed by atoms with Gasteiger partial charge in [0, 0.05) is 34.0 Å². The number of carbonyl (C=O) groups is 1. The SMILES string of the molecule is Cc1cc(I)ccc1NC(=O)c1ccc(N2CCCC2)c([N+](=O)[O-])c1. The fraction of sp³-hybridized carbons (Fsp3) is 0.278. The molecule has 0 saturated carbocycles.